The Labute approximate surface area is 99.1 Å². The van der Waals surface area contributed by atoms with Crippen molar-refractivity contribution in [2.24, 2.45) is 5.41 Å². The molecule has 1 rings (SSSR count). The highest BCUT2D eigenvalue weighted by molar-refractivity contribution is 5.59. The monoisotopic (exact) mass is 227 g/mol. The molecule has 0 unspecified atom stereocenters. The highest BCUT2D eigenvalue weighted by Crippen LogP contribution is 2.33. The van der Waals surface area contributed by atoms with E-state index in [1.807, 2.05) is 0 Å². The molecule has 0 bridgehead atoms. The van der Waals surface area contributed by atoms with Crippen molar-refractivity contribution in [3.05, 3.63) is 0 Å². The number of rotatable bonds is 6. The number of carbonyl (C=O) groups is 1. The predicted molar refractivity (Wildman–Crippen MR) is 65.6 cm³/mol. The van der Waals surface area contributed by atoms with Gasteiger partial charge in [-0.2, -0.15) is 0 Å². The lowest BCUT2D eigenvalue weighted by atomic mass is 9.81. The van der Waals surface area contributed by atoms with Crippen molar-refractivity contribution in [1.29, 1.82) is 0 Å². The second-order valence-electron chi connectivity index (χ2n) is 5.13. The van der Waals surface area contributed by atoms with Gasteiger partial charge < -0.3 is 14.4 Å². The normalized spacial score (nSPS) is 20.7. The molecule has 1 fully saturated rings. The summed E-state index contributed by atoms with van der Waals surface area (Å²) in [5.74, 6) is 0. The van der Waals surface area contributed by atoms with Crippen LogP contribution in [0.25, 0.3) is 0 Å². The number of likely N-dealkylation sites (N-methyl/N-ethyl adjacent to an activating group) is 1. The summed E-state index contributed by atoms with van der Waals surface area (Å²) in [5, 5.41) is 0. The largest absolute Gasteiger partial charge is 0.383 e. The van der Waals surface area contributed by atoms with Crippen molar-refractivity contribution in [2.45, 2.75) is 38.5 Å². The van der Waals surface area contributed by atoms with Gasteiger partial charge in [0.1, 0.15) is 6.29 Å². The Hall–Kier alpha value is -0.410. The fourth-order valence-electron chi connectivity index (χ4n) is 2.61. The topological polar surface area (TPSA) is 29.5 Å². The van der Waals surface area contributed by atoms with Crippen LogP contribution in [0.5, 0.6) is 0 Å². The molecule has 1 saturated carbocycles. The first kappa shape index (κ1) is 13.7. The predicted octanol–water partition coefficient (Wildman–Crippen LogP) is 2.10. The van der Waals surface area contributed by atoms with Crippen LogP contribution < -0.4 is 0 Å². The molecule has 0 heterocycles. The van der Waals surface area contributed by atoms with Gasteiger partial charge in [0.2, 0.25) is 0 Å². The molecule has 0 aromatic carbocycles. The third kappa shape index (κ3) is 4.22. The molecule has 0 spiro atoms. The number of aldehydes is 1. The van der Waals surface area contributed by atoms with E-state index >= 15 is 0 Å². The summed E-state index contributed by atoms with van der Waals surface area (Å²) in [4.78, 5) is 13.6. The summed E-state index contributed by atoms with van der Waals surface area (Å²) in [5.41, 5.74) is -0.0843. The molecule has 0 atom stereocenters. The van der Waals surface area contributed by atoms with Gasteiger partial charge in [-0.15, -0.1) is 0 Å². The molecular formula is C13H25NO2. The van der Waals surface area contributed by atoms with Crippen LogP contribution in [0.3, 0.4) is 0 Å². The Kier molecular flexibility index (Phi) is 5.99. The zero-order chi connectivity index (χ0) is 11.9. The van der Waals surface area contributed by atoms with Crippen molar-refractivity contribution in [2.75, 3.05) is 33.9 Å². The molecule has 0 saturated heterocycles. The molecule has 3 nitrogen and oxygen atoms in total. The van der Waals surface area contributed by atoms with Crippen LogP contribution >= 0.6 is 0 Å². The summed E-state index contributed by atoms with van der Waals surface area (Å²) in [6, 6.07) is 0. The van der Waals surface area contributed by atoms with E-state index in [4.69, 9.17) is 4.74 Å². The molecule has 1 aliphatic carbocycles. The summed E-state index contributed by atoms with van der Waals surface area (Å²) < 4.78 is 5.06. The summed E-state index contributed by atoms with van der Waals surface area (Å²) >= 11 is 0. The van der Waals surface area contributed by atoms with Gasteiger partial charge >= 0.3 is 0 Å². The maximum absolute atomic E-state index is 11.4. The first-order valence-electron chi connectivity index (χ1n) is 6.36. The third-order valence-corrected chi connectivity index (χ3v) is 3.61. The zero-order valence-electron chi connectivity index (χ0n) is 10.7. The van der Waals surface area contributed by atoms with Gasteiger partial charge in [-0.3, -0.25) is 0 Å². The minimum absolute atomic E-state index is 0.0843. The van der Waals surface area contributed by atoms with Crippen LogP contribution in [0.1, 0.15) is 38.5 Å². The van der Waals surface area contributed by atoms with Gasteiger partial charge in [0.05, 0.1) is 6.61 Å². The third-order valence-electron chi connectivity index (χ3n) is 3.61. The lowest BCUT2D eigenvalue weighted by molar-refractivity contribution is -0.118. The Bertz CT molecular complexity index is 198. The molecule has 3 heteroatoms. The standard InChI is InChI=1S/C13H25NO2/c1-14(9-10-16-2)11-13(12-15)7-5-3-4-6-8-13/h12H,3-11H2,1-2H3. The lowest BCUT2D eigenvalue weighted by Crippen LogP contribution is -2.38. The smallest absolute Gasteiger partial charge is 0.127 e. The maximum atomic E-state index is 11.4. The van der Waals surface area contributed by atoms with Crippen molar-refractivity contribution in [3.63, 3.8) is 0 Å². The molecule has 0 amide bonds. The summed E-state index contributed by atoms with van der Waals surface area (Å²) in [6.45, 7) is 2.54. The van der Waals surface area contributed by atoms with Gasteiger partial charge in [0.15, 0.2) is 0 Å². The Morgan fingerprint density at radius 3 is 2.38 bits per heavy atom. The Morgan fingerprint density at radius 2 is 1.88 bits per heavy atom. The van der Waals surface area contributed by atoms with E-state index < -0.39 is 0 Å². The van der Waals surface area contributed by atoms with Crippen LogP contribution in [0.4, 0.5) is 0 Å². The molecule has 0 aliphatic heterocycles. The fraction of sp³-hybridized carbons (Fsp3) is 0.923. The number of carbonyl (C=O) groups excluding carboxylic acids is 1. The summed E-state index contributed by atoms with van der Waals surface area (Å²) in [6.07, 6.45) is 8.33. The first-order chi connectivity index (χ1) is 7.72. The van der Waals surface area contributed by atoms with Gasteiger partial charge in [0.25, 0.3) is 0 Å². The molecular weight excluding hydrogens is 202 g/mol. The molecule has 1 aliphatic rings. The molecule has 0 N–H and O–H groups in total. The van der Waals surface area contributed by atoms with Crippen LogP contribution in [0.15, 0.2) is 0 Å². The molecule has 16 heavy (non-hydrogen) atoms. The van der Waals surface area contributed by atoms with E-state index in [-0.39, 0.29) is 5.41 Å². The molecule has 0 aromatic heterocycles. The van der Waals surface area contributed by atoms with Crippen LogP contribution in [-0.2, 0) is 9.53 Å². The van der Waals surface area contributed by atoms with Gasteiger partial charge in [-0.05, 0) is 19.9 Å². The molecule has 0 aromatic rings. The van der Waals surface area contributed by atoms with Crippen LogP contribution in [0, 0.1) is 5.41 Å². The van der Waals surface area contributed by atoms with Gasteiger partial charge in [-0.25, -0.2) is 0 Å². The molecule has 94 valence electrons. The van der Waals surface area contributed by atoms with E-state index in [2.05, 4.69) is 11.9 Å². The van der Waals surface area contributed by atoms with Crippen molar-refractivity contribution in [1.82, 2.24) is 4.90 Å². The highest BCUT2D eigenvalue weighted by atomic mass is 16.5. The Morgan fingerprint density at radius 1 is 1.25 bits per heavy atom. The SMILES string of the molecule is COCCN(C)CC1(C=O)CCCCCC1. The first-order valence-corrected chi connectivity index (χ1v) is 6.36. The van der Waals surface area contributed by atoms with E-state index in [1.165, 1.54) is 32.0 Å². The van der Waals surface area contributed by atoms with Gasteiger partial charge in [-0.1, -0.05) is 25.7 Å². The highest BCUT2D eigenvalue weighted by Gasteiger charge is 2.31. The number of ether oxygens (including phenoxy) is 1. The second-order valence-corrected chi connectivity index (χ2v) is 5.13. The minimum atomic E-state index is -0.0843. The average Bonchev–Trinajstić information content (AvgIpc) is 2.52. The number of hydrogen-bond acceptors (Lipinski definition) is 3. The van der Waals surface area contributed by atoms with Crippen molar-refractivity contribution in [3.8, 4) is 0 Å². The van der Waals surface area contributed by atoms with E-state index in [1.54, 1.807) is 7.11 Å². The minimum Gasteiger partial charge on any atom is -0.383 e. The second kappa shape index (κ2) is 7.02. The number of methoxy groups -OCH3 is 1. The van der Waals surface area contributed by atoms with E-state index in [0.29, 0.717) is 0 Å². The quantitative estimate of drug-likeness (QED) is 0.514. The zero-order valence-corrected chi connectivity index (χ0v) is 10.7. The van der Waals surface area contributed by atoms with Gasteiger partial charge in [0, 0.05) is 25.6 Å². The Balaban J connectivity index is 2.47. The number of nitrogens with zero attached hydrogens (tertiary/aromatic N) is 1. The van der Waals surface area contributed by atoms with Crippen molar-refractivity contribution >= 4 is 6.29 Å². The van der Waals surface area contributed by atoms with E-state index in [9.17, 15) is 4.79 Å². The van der Waals surface area contributed by atoms with Crippen LogP contribution in [-0.4, -0.2) is 45.0 Å². The summed E-state index contributed by atoms with van der Waals surface area (Å²) in [7, 11) is 3.80. The molecule has 0 radical (unpaired) electrons. The maximum Gasteiger partial charge on any atom is 0.127 e. The lowest BCUT2D eigenvalue weighted by Gasteiger charge is -2.31. The van der Waals surface area contributed by atoms with Crippen LogP contribution in [0.2, 0.25) is 0 Å². The average molecular weight is 227 g/mol. The van der Waals surface area contributed by atoms with Crippen molar-refractivity contribution < 1.29 is 9.53 Å². The van der Waals surface area contributed by atoms with E-state index in [0.717, 1.165) is 32.5 Å². The fourth-order valence-corrected chi connectivity index (χ4v) is 2.61. The number of hydrogen-bond donors (Lipinski definition) is 0.